The van der Waals surface area contributed by atoms with Gasteiger partial charge in [0, 0.05) is 21.9 Å². The molecule has 6 heteroatoms. The Hall–Kier alpha value is -2.50. The third-order valence-electron chi connectivity index (χ3n) is 5.27. The number of hydrogen-bond acceptors (Lipinski definition) is 5. The van der Waals surface area contributed by atoms with Crippen molar-refractivity contribution in [3.63, 3.8) is 0 Å². The zero-order valence-electron chi connectivity index (χ0n) is 14.1. The van der Waals surface area contributed by atoms with Crippen LogP contribution in [0, 0.1) is 0 Å². The van der Waals surface area contributed by atoms with Crippen LogP contribution in [0.25, 0.3) is 22.0 Å². The van der Waals surface area contributed by atoms with E-state index in [0.717, 1.165) is 33.3 Å². The fourth-order valence-corrected chi connectivity index (χ4v) is 3.96. The second kappa shape index (κ2) is 6.34. The highest BCUT2D eigenvalue weighted by Crippen LogP contribution is 2.45. The predicted octanol–water partition coefficient (Wildman–Crippen LogP) is 5.30. The summed E-state index contributed by atoms with van der Waals surface area (Å²) in [6.45, 7) is 0. The topological polar surface area (TPSA) is 61.7 Å². The van der Waals surface area contributed by atoms with E-state index in [1.54, 1.807) is 0 Å². The van der Waals surface area contributed by atoms with Gasteiger partial charge in [-0.25, -0.2) is 5.53 Å². The molecule has 0 amide bonds. The Morgan fingerprint density at radius 2 is 1.88 bits per heavy atom. The van der Waals surface area contributed by atoms with Gasteiger partial charge in [0.05, 0.1) is 11.2 Å². The van der Waals surface area contributed by atoms with Crippen LogP contribution >= 0.6 is 11.6 Å². The molecule has 2 aliphatic rings. The molecule has 1 aliphatic carbocycles. The van der Waals surface area contributed by atoms with Crippen molar-refractivity contribution in [2.45, 2.75) is 31.3 Å². The van der Waals surface area contributed by atoms with Crippen LogP contribution in [-0.4, -0.2) is 4.98 Å². The monoisotopic (exact) mass is 363 g/mol. The number of aromatic nitrogens is 1. The van der Waals surface area contributed by atoms with Gasteiger partial charge in [0.2, 0.25) is 0 Å². The molecule has 1 unspecified atom stereocenters. The van der Waals surface area contributed by atoms with E-state index < -0.39 is 0 Å². The van der Waals surface area contributed by atoms with E-state index in [4.69, 9.17) is 16.6 Å². The van der Waals surface area contributed by atoms with Gasteiger partial charge in [0.25, 0.3) is 0 Å². The van der Waals surface area contributed by atoms with Gasteiger partial charge in [-0.2, -0.15) is 5.43 Å². The summed E-state index contributed by atoms with van der Waals surface area (Å²) >= 11 is 6.33. The van der Waals surface area contributed by atoms with E-state index in [1.807, 2.05) is 24.3 Å². The van der Waals surface area contributed by atoms with Crippen LogP contribution in [0.1, 0.15) is 42.6 Å². The number of hydrogen-bond donors (Lipinski definition) is 2. The van der Waals surface area contributed by atoms with E-state index in [0.29, 0.717) is 10.9 Å². The summed E-state index contributed by atoms with van der Waals surface area (Å²) in [5.41, 5.74) is 11.4. The summed E-state index contributed by atoms with van der Waals surface area (Å²) in [7, 11) is 0. The highest BCUT2D eigenvalue weighted by atomic mass is 35.5. The second-order valence-corrected chi connectivity index (χ2v) is 7.25. The Morgan fingerprint density at radius 3 is 2.58 bits per heavy atom. The number of nitrogens with zero attached hydrogens (tertiary/aromatic N) is 3. The van der Waals surface area contributed by atoms with Gasteiger partial charge in [0.15, 0.2) is 6.17 Å². The molecule has 1 aromatic heterocycles. The summed E-state index contributed by atoms with van der Waals surface area (Å²) < 4.78 is 0. The summed E-state index contributed by atoms with van der Waals surface area (Å²) in [5.74, 6) is 0.477. The van der Waals surface area contributed by atoms with E-state index in [9.17, 15) is 0 Å². The van der Waals surface area contributed by atoms with Crippen LogP contribution in [0.15, 0.2) is 58.9 Å². The minimum atomic E-state index is -0.253. The molecule has 2 aromatic carbocycles. The van der Waals surface area contributed by atoms with Crippen LogP contribution in [0.5, 0.6) is 0 Å². The first-order valence-corrected chi connectivity index (χ1v) is 9.28. The van der Waals surface area contributed by atoms with Crippen molar-refractivity contribution in [2.24, 2.45) is 10.3 Å². The molecule has 1 aliphatic heterocycles. The number of nitrogens with one attached hydrogen (secondary N) is 2. The van der Waals surface area contributed by atoms with Crippen molar-refractivity contribution in [3.8, 4) is 11.1 Å². The van der Waals surface area contributed by atoms with Crippen LogP contribution < -0.4 is 11.0 Å². The van der Waals surface area contributed by atoms with Crippen molar-refractivity contribution in [1.82, 2.24) is 15.9 Å². The number of pyridine rings is 1. The molecule has 2 heterocycles. The Bertz CT molecular complexity index is 998. The first kappa shape index (κ1) is 15.7. The van der Waals surface area contributed by atoms with E-state index in [2.05, 4.69) is 45.6 Å². The largest absolute Gasteiger partial charge is 0.252 e. The summed E-state index contributed by atoms with van der Waals surface area (Å²) in [5, 5.41) is 10.0. The normalized spacial score (nSPS) is 19.5. The zero-order chi connectivity index (χ0) is 17.5. The maximum atomic E-state index is 6.33. The van der Waals surface area contributed by atoms with Crippen molar-refractivity contribution in [3.05, 3.63) is 64.8 Å². The maximum absolute atomic E-state index is 6.33. The molecule has 0 radical (unpaired) electrons. The number of rotatable bonds is 3. The number of fused-ring (bicyclic) bond motifs is 1. The second-order valence-electron chi connectivity index (χ2n) is 6.82. The van der Waals surface area contributed by atoms with Crippen molar-refractivity contribution in [1.29, 1.82) is 0 Å². The van der Waals surface area contributed by atoms with Crippen LogP contribution in [0.3, 0.4) is 0 Å². The smallest absolute Gasteiger partial charge is 0.168 e. The lowest BCUT2D eigenvalue weighted by Gasteiger charge is -2.30. The van der Waals surface area contributed by atoms with Crippen LogP contribution in [0.2, 0.25) is 5.02 Å². The maximum Gasteiger partial charge on any atom is 0.168 e. The summed E-state index contributed by atoms with van der Waals surface area (Å²) in [4.78, 5) is 5.04. The zero-order valence-corrected chi connectivity index (χ0v) is 14.9. The van der Waals surface area contributed by atoms with Crippen LogP contribution in [0.4, 0.5) is 0 Å². The Balaban J connectivity index is 1.87. The summed E-state index contributed by atoms with van der Waals surface area (Å²) in [6, 6.07) is 16.3. The molecule has 130 valence electrons. The van der Waals surface area contributed by atoms with Gasteiger partial charge < -0.3 is 0 Å². The predicted molar refractivity (Wildman–Crippen MR) is 103 cm³/mol. The summed E-state index contributed by atoms with van der Waals surface area (Å²) in [6.07, 6.45) is 3.34. The minimum absolute atomic E-state index is 0.253. The molecule has 1 saturated carbocycles. The molecule has 1 fully saturated rings. The van der Waals surface area contributed by atoms with Gasteiger partial charge >= 0.3 is 0 Å². The fraction of sp³-hybridized carbons (Fsp3) is 0.250. The van der Waals surface area contributed by atoms with Gasteiger partial charge in [-0.05, 0) is 42.2 Å². The first-order chi connectivity index (χ1) is 12.8. The quantitative estimate of drug-likeness (QED) is 0.664. The molecule has 5 rings (SSSR count). The number of hydrazine groups is 1. The van der Waals surface area contributed by atoms with Gasteiger partial charge in [-0.15, -0.1) is 5.11 Å². The lowest BCUT2D eigenvalue weighted by Crippen LogP contribution is -2.27. The van der Waals surface area contributed by atoms with Crippen LogP contribution in [-0.2, 0) is 0 Å². The number of halogens is 1. The molecule has 5 nitrogen and oxygen atoms in total. The molecule has 0 spiro atoms. The van der Waals surface area contributed by atoms with E-state index in [-0.39, 0.29) is 6.17 Å². The lowest BCUT2D eigenvalue weighted by atomic mass is 9.78. The molecular weight excluding hydrogens is 346 g/mol. The Kier molecular flexibility index (Phi) is 3.84. The highest BCUT2D eigenvalue weighted by molar-refractivity contribution is 6.31. The van der Waals surface area contributed by atoms with E-state index in [1.165, 1.54) is 19.3 Å². The molecule has 0 bridgehead atoms. The van der Waals surface area contributed by atoms with Gasteiger partial charge in [-0.3, -0.25) is 4.98 Å². The average molecular weight is 364 g/mol. The third kappa shape index (κ3) is 2.55. The highest BCUT2D eigenvalue weighted by Gasteiger charge is 2.31. The minimum Gasteiger partial charge on any atom is -0.252 e. The molecule has 0 saturated heterocycles. The van der Waals surface area contributed by atoms with E-state index >= 15 is 0 Å². The Labute approximate surface area is 156 Å². The molecule has 26 heavy (non-hydrogen) atoms. The Morgan fingerprint density at radius 1 is 1.04 bits per heavy atom. The SMILES string of the molecule is Clc1ccc2nc(C3CCC3)c(C3N=NNN3)c(-c3ccccc3)c2c1. The number of benzene rings is 2. The molecule has 1 atom stereocenters. The van der Waals surface area contributed by atoms with Crippen molar-refractivity contribution < 1.29 is 0 Å². The van der Waals surface area contributed by atoms with Gasteiger partial charge in [-0.1, -0.05) is 53.6 Å². The molecule has 3 aromatic rings. The third-order valence-corrected chi connectivity index (χ3v) is 5.50. The lowest BCUT2D eigenvalue weighted by molar-refractivity contribution is 0.404. The standard InChI is InChI=1S/C20H18ClN5/c21-14-9-10-16-15(11-14)17(12-5-2-1-3-6-12)18(20-23-25-26-24-20)19(22-16)13-7-4-8-13/h1-3,5-6,9-11,13,20H,4,7-8H2,(H,23,26)(H,24,25). The average Bonchev–Trinajstić information content (AvgIpc) is 3.14. The first-order valence-electron chi connectivity index (χ1n) is 8.90. The van der Waals surface area contributed by atoms with Gasteiger partial charge in [0.1, 0.15) is 0 Å². The van der Waals surface area contributed by atoms with Crippen molar-refractivity contribution in [2.75, 3.05) is 0 Å². The molecule has 2 N–H and O–H groups in total. The fourth-order valence-electron chi connectivity index (χ4n) is 3.79. The molecular formula is C20H18ClN5. The van der Waals surface area contributed by atoms with Crippen molar-refractivity contribution >= 4 is 22.5 Å².